The molecule has 0 saturated carbocycles. The zero-order valence-corrected chi connectivity index (χ0v) is 9.79. The summed E-state index contributed by atoms with van der Waals surface area (Å²) in [7, 11) is 2.09. The molecule has 1 N–H and O–H groups in total. The van der Waals surface area contributed by atoms with E-state index in [2.05, 4.69) is 43.0 Å². The molecular weight excluding hydrogens is 188 g/mol. The number of aromatic nitrogens is 1. The van der Waals surface area contributed by atoms with Crippen LogP contribution in [0, 0.1) is 0 Å². The smallest absolute Gasteiger partial charge is 0.110 e. The molecule has 0 spiro atoms. The van der Waals surface area contributed by atoms with Crippen molar-refractivity contribution in [2.45, 2.75) is 32.4 Å². The number of hydrogen-bond donors (Lipinski definition) is 1. The monoisotopic (exact) mass is 208 g/mol. The van der Waals surface area contributed by atoms with Crippen LogP contribution in [0.3, 0.4) is 0 Å². The molecule has 3 heteroatoms. The highest BCUT2D eigenvalue weighted by Gasteiger charge is 2.23. The number of ether oxygens (including phenoxy) is 1. The first-order valence-electron chi connectivity index (χ1n) is 5.67. The van der Waals surface area contributed by atoms with E-state index in [0.29, 0.717) is 6.04 Å². The molecule has 1 aromatic rings. The van der Waals surface area contributed by atoms with Gasteiger partial charge in [0.15, 0.2) is 0 Å². The fourth-order valence-electron chi connectivity index (χ4n) is 2.13. The minimum atomic E-state index is 0.219. The van der Waals surface area contributed by atoms with Crippen molar-refractivity contribution >= 4 is 0 Å². The van der Waals surface area contributed by atoms with Crippen LogP contribution in [0.2, 0.25) is 0 Å². The Balaban J connectivity index is 2.11. The normalized spacial score (nSPS) is 20.7. The van der Waals surface area contributed by atoms with Crippen LogP contribution in [0.5, 0.6) is 0 Å². The number of rotatable bonds is 3. The summed E-state index contributed by atoms with van der Waals surface area (Å²) in [6.07, 6.45) is 3.40. The predicted octanol–water partition coefficient (Wildman–Crippen LogP) is 1.64. The van der Waals surface area contributed by atoms with Gasteiger partial charge in [0, 0.05) is 25.8 Å². The first-order chi connectivity index (χ1) is 7.18. The summed E-state index contributed by atoms with van der Waals surface area (Å²) < 4.78 is 7.99. The molecule has 1 unspecified atom stereocenters. The summed E-state index contributed by atoms with van der Waals surface area (Å²) in [4.78, 5) is 0. The molecule has 0 fully saturated rings. The Bertz CT molecular complexity index is 330. The number of nitrogens with one attached hydrogen (secondary N) is 1. The summed E-state index contributed by atoms with van der Waals surface area (Å²) in [5, 5.41) is 3.43. The summed E-state index contributed by atoms with van der Waals surface area (Å²) in [6.45, 7) is 6.08. The van der Waals surface area contributed by atoms with Gasteiger partial charge in [-0.15, -0.1) is 0 Å². The van der Waals surface area contributed by atoms with Crippen molar-refractivity contribution in [3.8, 4) is 0 Å². The second kappa shape index (κ2) is 4.37. The lowest BCUT2D eigenvalue weighted by Gasteiger charge is -2.26. The largest absolute Gasteiger partial charge is 0.370 e. The lowest BCUT2D eigenvalue weighted by molar-refractivity contribution is 0.0364. The van der Waals surface area contributed by atoms with E-state index in [1.165, 1.54) is 11.3 Å². The summed E-state index contributed by atoms with van der Waals surface area (Å²) >= 11 is 0. The van der Waals surface area contributed by atoms with Crippen LogP contribution in [0.15, 0.2) is 12.3 Å². The zero-order chi connectivity index (χ0) is 10.8. The van der Waals surface area contributed by atoms with Gasteiger partial charge in [0.2, 0.25) is 0 Å². The van der Waals surface area contributed by atoms with E-state index < -0.39 is 0 Å². The Kier molecular flexibility index (Phi) is 3.12. The van der Waals surface area contributed by atoms with Gasteiger partial charge in [-0.3, -0.25) is 0 Å². The third-order valence-corrected chi connectivity index (χ3v) is 2.92. The van der Waals surface area contributed by atoms with Crippen molar-refractivity contribution in [1.82, 2.24) is 9.88 Å². The van der Waals surface area contributed by atoms with Gasteiger partial charge in [0.25, 0.3) is 0 Å². The second-order valence-corrected chi connectivity index (χ2v) is 4.51. The standard InChI is InChI=1S/C12H20N2O/c1-9(2)13-8-11-12-10(5-7-15-11)4-6-14(12)3/h4,6,9,11,13H,5,7-8H2,1-3H3. The third kappa shape index (κ3) is 2.24. The first kappa shape index (κ1) is 10.7. The van der Waals surface area contributed by atoms with E-state index in [4.69, 9.17) is 4.74 Å². The third-order valence-electron chi connectivity index (χ3n) is 2.92. The van der Waals surface area contributed by atoms with Gasteiger partial charge in [-0.05, 0) is 18.1 Å². The topological polar surface area (TPSA) is 26.2 Å². The lowest BCUT2D eigenvalue weighted by atomic mass is 10.1. The predicted molar refractivity (Wildman–Crippen MR) is 60.9 cm³/mol. The molecule has 2 heterocycles. The van der Waals surface area contributed by atoms with Crippen LogP contribution in [0.4, 0.5) is 0 Å². The molecule has 15 heavy (non-hydrogen) atoms. The van der Waals surface area contributed by atoms with E-state index in [-0.39, 0.29) is 6.10 Å². The van der Waals surface area contributed by atoms with E-state index in [9.17, 15) is 0 Å². The average molecular weight is 208 g/mol. The maximum atomic E-state index is 5.81. The van der Waals surface area contributed by atoms with Gasteiger partial charge in [-0.25, -0.2) is 0 Å². The van der Waals surface area contributed by atoms with Gasteiger partial charge in [0.05, 0.1) is 12.3 Å². The molecule has 0 amide bonds. The van der Waals surface area contributed by atoms with E-state index in [0.717, 1.165) is 19.6 Å². The van der Waals surface area contributed by atoms with Crippen molar-refractivity contribution in [2.75, 3.05) is 13.2 Å². The maximum absolute atomic E-state index is 5.81. The molecule has 1 aliphatic heterocycles. The van der Waals surface area contributed by atoms with Crippen molar-refractivity contribution in [3.05, 3.63) is 23.5 Å². The van der Waals surface area contributed by atoms with Crippen molar-refractivity contribution in [3.63, 3.8) is 0 Å². The quantitative estimate of drug-likeness (QED) is 0.817. The summed E-state index contributed by atoms with van der Waals surface area (Å²) in [5.74, 6) is 0. The summed E-state index contributed by atoms with van der Waals surface area (Å²) in [6, 6.07) is 2.72. The van der Waals surface area contributed by atoms with Gasteiger partial charge in [0.1, 0.15) is 6.10 Å². The molecule has 3 nitrogen and oxygen atoms in total. The fraction of sp³-hybridized carbons (Fsp3) is 0.667. The molecule has 2 rings (SSSR count). The second-order valence-electron chi connectivity index (χ2n) is 4.51. The molecule has 0 saturated heterocycles. The highest BCUT2D eigenvalue weighted by molar-refractivity contribution is 5.26. The van der Waals surface area contributed by atoms with Crippen molar-refractivity contribution in [1.29, 1.82) is 0 Å². The van der Waals surface area contributed by atoms with E-state index in [1.54, 1.807) is 0 Å². The van der Waals surface area contributed by atoms with Gasteiger partial charge < -0.3 is 14.6 Å². The maximum Gasteiger partial charge on any atom is 0.110 e. The molecule has 0 bridgehead atoms. The minimum absolute atomic E-state index is 0.219. The van der Waals surface area contributed by atoms with Crippen LogP contribution in [-0.2, 0) is 18.2 Å². The Labute approximate surface area is 91.4 Å². The molecule has 1 atom stereocenters. The van der Waals surface area contributed by atoms with Gasteiger partial charge >= 0.3 is 0 Å². The van der Waals surface area contributed by atoms with Crippen LogP contribution < -0.4 is 5.32 Å². The lowest BCUT2D eigenvalue weighted by Crippen LogP contribution is -2.32. The summed E-state index contributed by atoms with van der Waals surface area (Å²) in [5.41, 5.74) is 2.79. The van der Waals surface area contributed by atoms with E-state index in [1.807, 2.05) is 0 Å². The molecule has 1 aliphatic rings. The number of nitrogens with zero attached hydrogens (tertiary/aromatic N) is 1. The Hall–Kier alpha value is -0.800. The van der Waals surface area contributed by atoms with Crippen molar-refractivity contribution in [2.24, 2.45) is 7.05 Å². The number of hydrogen-bond acceptors (Lipinski definition) is 2. The minimum Gasteiger partial charge on any atom is -0.370 e. The van der Waals surface area contributed by atoms with Gasteiger partial charge in [-0.1, -0.05) is 13.8 Å². The van der Waals surface area contributed by atoms with Crippen LogP contribution >= 0.6 is 0 Å². The van der Waals surface area contributed by atoms with E-state index >= 15 is 0 Å². The average Bonchev–Trinajstić information content (AvgIpc) is 2.58. The Morgan fingerprint density at radius 3 is 3.13 bits per heavy atom. The molecule has 0 radical (unpaired) electrons. The number of fused-ring (bicyclic) bond motifs is 1. The van der Waals surface area contributed by atoms with Crippen molar-refractivity contribution < 1.29 is 4.74 Å². The van der Waals surface area contributed by atoms with Crippen LogP contribution in [-0.4, -0.2) is 23.8 Å². The van der Waals surface area contributed by atoms with Crippen LogP contribution in [0.1, 0.15) is 31.2 Å². The molecule has 84 valence electrons. The fourth-order valence-corrected chi connectivity index (χ4v) is 2.13. The highest BCUT2D eigenvalue weighted by Crippen LogP contribution is 2.26. The van der Waals surface area contributed by atoms with Gasteiger partial charge in [-0.2, -0.15) is 0 Å². The zero-order valence-electron chi connectivity index (χ0n) is 9.79. The molecule has 0 aromatic carbocycles. The first-order valence-corrected chi connectivity index (χ1v) is 5.67. The molecule has 1 aromatic heterocycles. The van der Waals surface area contributed by atoms with Crippen LogP contribution in [0.25, 0.3) is 0 Å². The highest BCUT2D eigenvalue weighted by atomic mass is 16.5. The Morgan fingerprint density at radius 2 is 2.40 bits per heavy atom. The molecule has 0 aliphatic carbocycles. The number of aryl methyl sites for hydroxylation is 1. The SMILES string of the molecule is CC(C)NCC1OCCc2ccn(C)c21. The Morgan fingerprint density at radius 1 is 1.60 bits per heavy atom. The molecular formula is C12H20N2O.